The van der Waals surface area contributed by atoms with Gasteiger partial charge in [-0.1, -0.05) is 12.1 Å². The first-order chi connectivity index (χ1) is 11.6. The summed E-state index contributed by atoms with van der Waals surface area (Å²) in [6, 6.07) is 10.2. The predicted octanol–water partition coefficient (Wildman–Crippen LogP) is 2.06. The van der Waals surface area contributed by atoms with E-state index in [1.807, 2.05) is 0 Å². The summed E-state index contributed by atoms with van der Waals surface area (Å²) in [5, 5.41) is 3.93. The Bertz CT molecular complexity index is 734. The van der Waals surface area contributed by atoms with Gasteiger partial charge in [-0.25, -0.2) is 5.43 Å². The Morgan fingerprint density at radius 1 is 1.08 bits per heavy atom. The standard InChI is InChI=1S/C17H19N3O4/c1-22-14-8-11(9-15(23-2)16(14)24-3)10-19-20-17(21)12-6-4-5-7-13(12)18/h4-10H,18H2,1-3H3,(H,20,21). The highest BCUT2D eigenvalue weighted by Crippen LogP contribution is 2.37. The predicted molar refractivity (Wildman–Crippen MR) is 92.0 cm³/mol. The average molecular weight is 329 g/mol. The van der Waals surface area contributed by atoms with E-state index in [4.69, 9.17) is 19.9 Å². The Morgan fingerprint density at radius 3 is 2.25 bits per heavy atom. The number of nitrogen functional groups attached to an aromatic ring is 1. The molecule has 0 saturated heterocycles. The molecule has 0 fully saturated rings. The molecule has 0 bridgehead atoms. The van der Waals surface area contributed by atoms with E-state index in [0.29, 0.717) is 34.1 Å². The zero-order valence-electron chi connectivity index (χ0n) is 13.7. The van der Waals surface area contributed by atoms with Crippen LogP contribution in [-0.4, -0.2) is 33.5 Å². The summed E-state index contributed by atoms with van der Waals surface area (Å²) in [4.78, 5) is 12.0. The van der Waals surface area contributed by atoms with Crippen LogP contribution in [0, 0.1) is 0 Å². The Balaban J connectivity index is 2.17. The van der Waals surface area contributed by atoms with Crippen molar-refractivity contribution < 1.29 is 19.0 Å². The van der Waals surface area contributed by atoms with Crippen molar-refractivity contribution in [1.29, 1.82) is 0 Å². The van der Waals surface area contributed by atoms with Crippen LogP contribution in [0.1, 0.15) is 15.9 Å². The third-order valence-electron chi connectivity index (χ3n) is 3.27. The minimum Gasteiger partial charge on any atom is -0.493 e. The van der Waals surface area contributed by atoms with Crippen molar-refractivity contribution in [3.05, 3.63) is 47.5 Å². The Labute approximate surface area is 140 Å². The molecule has 0 saturated carbocycles. The van der Waals surface area contributed by atoms with Gasteiger partial charge in [0.25, 0.3) is 5.91 Å². The number of hydrogen-bond acceptors (Lipinski definition) is 6. The van der Waals surface area contributed by atoms with Gasteiger partial charge in [-0.15, -0.1) is 0 Å². The molecule has 2 aromatic carbocycles. The number of methoxy groups -OCH3 is 3. The van der Waals surface area contributed by atoms with Crippen molar-refractivity contribution in [2.45, 2.75) is 0 Å². The molecule has 0 radical (unpaired) electrons. The van der Waals surface area contributed by atoms with Gasteiger partial charge in [0.2, 0.25) is 5.75 Å². The van der Waals surface area contributed by atoms with Gasteiger partial charge in [0.1, 0.15) is 0 Å². The number of anilines is 1. The van der Waals surface area contributed by atoms with Crippen LogP contribution in [0.5, 0.6) is 17.2 Å². The number of para-hydroxylation sites is 1. The van der Waals surface area contributed by atoms with E-state index in [9.17, 15) is 4.79 Å². The molecule has 0 aliphatic rings. The van der Waals surface area contributed by atoms with E-state index >= 15 is 0 Å². The van der Waals surface area contributed by atoms with Gasteiger partial charge in [-0.3, -0.25) is 4.79 Å². The number of amides is 1. The summed E-state index contributed by atoms with van der Waals surface area (Å²) in [7, 11) is 4.58. The lowest BCUT2D eigenvalue weighted by atomic mass is 10.2. The lowest BCUT2D eigenvalue weighted by molar-refractivity contribution is 0.0956. The molecule has 0 unspecified atom stereocenters. The smallest absolute Gasteiger partial charge is 0.273 e. The number of benzene rings is 2. The molecular formula is C17H19N3O4. The van der Waals surface area contributed by atoms with E-state index in [0.717, 1.165) is 0 Å². The largest absolute Gasteiger partial charge is 0.493 e. The summed E-state index contributed by atoms with van der Waals surface area (Å²) in [6.07, 6.45) is 1.47. The summed E-state index contributed by atoms with van der Waals surface area (Å²) in [5.41, 5.74) is 9.60. The van der Waals surface area contributed by atoms with Crippen molar-refractivity contribution in [3.8, 4) is 17.2 Å². The first-order valence-corrected chi connectivity index (χ1v) is 7.08. The van der Waals surface area contributed by atoms with Crippen LogP contribution in [0.3, 0.4) is 0 Å². The third kappa shape index (κ3) is 3.75. The lowest BCUT2D eigenvalue weighted by Crippen LogP contribution is -2.19. The van der Waals surface area contributed by atoms with Gasteiger partial charge in [0.05, 0.1) is 33.1 Å². The number of nitrogens with zero attached hydrogens (tertiary/aromatic N) is 1. The summed E-state index contributed by atoms with van der Waals surface area (Å²) in [6.45, 7) is 0. The maximum atomic E-state index is 12.0. The van der Waals surface area contributed by atoms with E-state index in [1.54, 1.807) is 36.4 Å². The third-order valence-corrected chi connectivity index (χ3v) is 3.27. The minimum atomic E-state index is -0.392. The topological polar surface area (TPSA) is 95.2 Å². The normalized spacial score (nSPS) is 10.5. The Morgan fingerprint density at radius 2 is 1.71 bits per heavy atom. The second kappa shape index (κ2) is 7.87. The molecule has 0 aliphatic heterocycles. The quantitative estimate of drug-likeness (QED) is 0.480. The van der Waals surface area contributed by atoms with Crippen LogP contribution in [0.4, 0.5) is 5.69 Å². The van der Waals surface area contributed by atoms with Crippen molar-refractivity contribution in [3.63, 3.8) is 0 Å². The van der Waals surface area contributed by atoms with Crippen molar-refractivity contribution in [2.75, 3.05) is 27.1 Å². The van der Waals surface area contributed by atoms with Crippen LogP contribution in [0.15, 0.2) is 41.5 Å². The van der Waals surface area contributed by atoms with Crippen molar-refractivity contribution in [1.82, 2.24) is 5.43 Å². The molecule has 0 atom stereocenters. The highest BCUT2D eigenvalue weighted by molar-refractivity contribution is 5.99. The monoisotopic (exact) mass is 329 g/mol. The van der Waals surface area contributed by atoms with Crippen LogP contribution in [0.2, 0.25) is 0 Å². The number of nitrogens with two attached hydrogens (primary N) is 1. The van der Waals surface area contributed by atoms with Gasteiger partial charge in [0.15, 0.2) is 11.5 Å². The zero-order valence-corrected chi connectivity index (χ0v) is 13.7. The van der Waals surface area contributed by atoms with Gasteiger partial charge < -0.3 is 19.9 Å². The number of ether oxygens (including phenoxy) is 3. The number of hydrogen-bond donors (Lipinski definition) is 2. The number of carbonyl (C=O) groups excluding carboxylic acids is 1. The minimum absolute atomic E-state index is 0.361. The van der Waals surface area contributed by atoms with Crippen LogP contribution < -0.4 is 25.4 Å². The molecule has 3 N–H and O–H groups in total. The number of nitrogens with one attached hydrogen (secondary N) is 1. The molecule has 2 rings (SSSR count). The van der Waals surface area contributed by atoms with Crippen LogP contribution in [-0.2, 0) is 0 Å². The molecule has 126 valence electrons. The fourth-order valence-electron chi connectivity index (χ4n) is 2.11. The van der Waals surface area contributed by atoms with Crippen LogP contribution >= 0.6 is 0 Å². The summed E-state index contributed by atoms with van der Waals surface area (Å²) in [5.74, 6) is 1.09. The molecule has 0 aliphatic carbocycles. The van der Waals surface area contributed by atoms with E-state index in [2.05, 4.69) is 10.5 Å². The van der Waals surface area contributed by atoms with Gasteiger partial charge in [-0.05, 0) is 24.3 Å². The number of rotatable bonds is 6. The number of hydrazone groups is 1. The summed E-state index contributed by atoms with van der Waals surface area (Å²) >= 11 is 0. The van der Waals surface area contributed by atoms with Gasteiger partial charge >= 0.3 is 0 Å². The van der Waals surface area contributed by atoms with E-state index in [1.165, 1.54) is 27.5 Å². The second-order valence-electron chi connectivity index (χ2n) is 4.75. The maximum absolute atomic E-state index is 12.0. The van der Waals surface area contributed by atoms with Gasteiger partial charge in [0, 0.05) is 11.3 Å². The molecular weight excluding hydrogens is 310 g/mol. The van der Waals surface area contributed by atoms with Crippen molar-refractivity contribution >= 4 is 17.8 Å². The fourth-order valence-corrected chi connectivity index (χ4v) is 2.11. The average Bonchev–Trinajstić information content (AvgIpc) is 2.60. The Hall–Kier alpha value is -3.22. The summed E-state index contributed by atoms with van der Waals surface area (Å²) < 4.78 is 15.8. The molecule has 1 amide bonds. The maximum Gasteiger partial charge on any atom is 0.273 e. The van der Waals surface area contributed by atoms with Gasteiger partial charge in [-0.2, -0.15) is 5.10 Å². The molecule has 0 aromatic heterocycles. The van der Waals surface area contributed by atoms with E-state index < -0.39 is 5.91 Å². The first kappa shape index (κ1) is 17.1. The molecule has 0 spiro atoms. The van der Waals surface area contributed by atoms with E-state index in [-0.39, 0.29) is 0 Å². The second-order valence-corrected chi connectivity index (χ2v) is 4.75. The molecule has 2 aromatic rings. The van der Waals surface area contributed by atoms with Crippen molar-refractivity contribution in [2.24, 2.45) is 5.10 Å². The molecule has 0 heterocycles. The molecule has 24 heavy (non-hydrogen) atoms. The number of carbonyl (C=O) groups is 1. The first-order valence-electron chi connectivity index (χ1n) is 7.08. The Kier molecular flexibility index (Phi) is 5.62. The molecule has 7 heteroatoms. The highest BCUT2D eigenvalue weighted by Gasteiger charge is 2.12. The fraction of sp³-hybridized carbons (Fsp3) is 0.176. The SMILES string of the molecule is COc1cc(C=NNC(=O)c2ccccc2N)cc(OC)c1OC. The zero-order chi connectivity index (χ0) is 17.5. The highest BCUT2D eigenvalue weighted by atomic mass is 16.5. The van der Waals surface area contributed by atoms with Crippen LogP contribution in [0.25, 0.3) is 0 Å². The lowest BCUT2D eigenvalue weighted by Gasteiger charge is -2.12. The molecule has 7 nitrogen and oxygen atoms in total.